The maximum atomic E-state index is 14.6. The minimum atomic E-state index is -4.28. The van der Waals surface area contributed by atoms with Crippen molar-refractivity contribution in [1.29, 1.82) is 0 Å². The fourth-order valence-electron chi connectivity index (χ4n) is 3.51. The summed E-state index contributed by atoms with van der Waals surface area (Å²) in [5.74, 6) is -0.986. The maximum Gasteiger partial charge on any atom is 0.426 e. The third-order valence-corrected chi connectivity index (χ3v) is 5.58. The van der Waals surface area contributed by atoms with Crippen molar-refractivity contribution in [2.45, 2.75) is 31.0 Å². The molecule has 3 aromatic rings. The molecule has 0 spiro atoms. The van der Waals surface area contributed by atoms with Gasteiger partial charge in [0.2, 0.25) is 0 Å². The van der Waals surface area contributed by atoms with Crippen LogP contribution in [0.15, 0.2) is 72.8 Å². The Morgan fingerprint density at radius 2 is 1.57 bits per heavy atom. The SMILES string of the molecule is [CH2]C(COC(=O)/C=C/c1ccc(OC(F)(F)c2ccc(OCCCC(F)(F)F)cc2)cc1)c1ccc(N)cc1N. The minimum absolute atomic E-state index is 0.00961. The number of esters is 1. The van der Waals surface area contributed by atoms with Crippen LogP contribution < -0.4 is 20.9 Å². The van der Waals surface area contributed by atoms with Crippen molar-refractivity contribution < 1.29 is 41.0 Å². The largest absolute Gasteiger partial charge is 0.494 e. The van der Waals surface area contributed by atoms with Crippen molar-refractivity contribution in [3.05, 3.63) is 96.4 Å². The first-order valence-electron chi connectivity index (χ1n) is 12.1. The Bertz CT molecular complexity index is 1290. The zero-order valence-electron chi connectivity index (χ0n) is 21.3. The lowest BCUT2D eigenvalue weighted by Crippen LogP contribution is -2.21. The summed E-state index contributed by atoms with van der Waals surface area (Å²) in [5.41, 5.74) is 13.3. The Hall–Kier alpha value is -4.28. The molecule has 4 N–H and O–H groups in total. The summed E-state index contributed by atoms with van der Waals surface area (Å²) in [4.78, 5) is 12.1. The molecule has 0 aliphatic heterocycles. The van der Waals surface area contributed by atoms with E-state index in [1.54, 1.807) is 18.2 Å². The number of carbonyl (C=O) groups excluding carboxylic acids is 1. The van der Waals surface area contributed by atoms with Gasteiger partial charge in [0.15, 0.2) is 0 Å². The van der Waals surface area contributed by atoms with Crippen LogP contribution in [0.3, 0.4) is 0 Å². The predicted octanol–water partition coefficient (Wildman–Crippen LogP) is 6.87. The van der Waals surface area contributed by atoms with E-state index < -0.39 is 36.2 Å². The van der Waals surface area contributed by atoms with E-state index in [9.17, 15) is 26.7 Å². The van der Waals surface area contributed by atoms with Crippen LogP contribution in [-0.2, 0) is 15.6 Å². The van der Waals surface area contributed by atoms with E-state index in [1.807, 2.05) is 0 Å². The van der Waals surface area contributed by atoms with E-state index in [0.717, 1.165) is 12.1 Å². The van der Waals surface area contributed by atoms with Crippen LogP contribution in [0.2, 0.25) is 0 Å². The van der Waals surface area contributed by atoms with Gasteiger partial charge in [0, 0.05) is 29.8 Å². The standard InChI is InChI=1S/C29H28F5N2O4/c1-19(25-13-8-22(35)17-26(25)36)18-39-27(37)14-5-20-3-9-24(10-4-20)40-29(33,34)21-6-11-23(12-7-21)38-16-2-15-28(30,31)32/h3-14,17,19H,1-2,15-16,18,35-36H2/b14-5+. The number of benzene rings is 3. The molecule has 213 valence electrons. The van der Waals surface area contributed by atoms with Gasteiger partial charge in [-0.1, -0.05) is 18.2 Å². The summed E-state index contributed by atoms with van der Waals surface area (Å²) in [6.45, 7) is 3.73. The van der Waals surface area contributed by atoms with Gasteiger partial charge in [0.05, 0.1) is 18.8 Å². The average molecular weight is 564 g/mol. The van der Waals surface area contributed by atoms with Crippen LogP contribution in [0.25, 0.3) is 6.08 Å². The molecule has 1 radical (unpaired) electrons. The maximum absolute atomic E-state index is 14.6. The van der Waals surface area contributed by atoms with Gasteiger partial charge in [-0.05, 0) is 79.1 Å². The molecule has 11 heteroatoms. The van der Waals surface area contributed by atoms with Crippen molar-refractivity contribution in [2.24, 2.45) is 0 Å². The molecule has 40 heavy (non-hydrogen) atoms. The lowest BCUT2D eigenvalue weighted by molar-refractivity contribution is -0.185. The number of nitrogens with two attached hydrogens (primary N) is 2. The van der Waals surface area contributed by atoms with Gasteiger partial charge in [0.1, 0.15) is 11.5 Å². The van der Waals surface area contributed by atoms with Gasteiger partial charge < -0.3 is 25.7 Å². The molecule has 0 aliphatic rings. The number of carbonyl (C=O) groups is 1. The second-order valence-corrected chi connectivity index (χ2v) is 8.83. The van der Waals surface area contributed by atoms with Crippen LogP contribution in [0, 0.1) is 6.92 Å². The van der Waals surface area contributed by atoms with Gasteiger partial charge in [-0.25, -0.2) is 4.79 Å². The van der Waals surface area contributed by atoms with Crippen molar-refractivity contribution in [2.75, 3.05) is 24.7 Å². The molecular weight excluding hydrogens is 535 g/mol. The van der Waals surface area contributed by atoms with Gasteiger partial charge in [-0.3, -0.25) is 0 Å². The Labute approximate surface area is 228 Å². The number of hydrogen-bond donors (Lipinski definition) is 2. The van der Waals surface area contributed by atoms with Gasteiger partial charge >= 0.3 is 18.3 Å². The number of rotatable bonds is 12. The second-order valence-electron chi connectivity index (χ2n) is 8.83. The molecular formula is C29H28F5N2O4. The molecule has 0 saturated heterocycles. The van der Waals surface area contributed by atoms with Crippen LogP contribution in [0.1, 0.15) is 35.4 Å². The number of nitrogen functional groups attached to an aromatic ring is 2. The van der Waals surface area contributed by atoms with Crippen molar-refractivity contribution in [3.8, 4) is 11.5 Å². The number of alkyl halides is 5. The highest BCUT2D eigenvalue weighted by Gasteiger charge is 2.34. The highest BCUT2D eigenvalue weighted by molar-refractivity contribution is 5.87. The van der Waals surface area contributed by atoms with Gasteiger partial charge in [-0.2, -0.15) is 22.0 Å². The zero-order valence-corrected chi connectivity index (χ0v) is 21.3. The first-order valence-corrected chi connectivity index (χ1v) is 12.1. The molecule has 1 unspecified atom stereocenters. The van der Waals surface area contributed by atoms with Crippen molar-refractivity contribution in [1.82, 2.24) is 0 Å². The molecule has 1 atom stereocenters. The molecule has 6 nitrogen and oxygen atoms in total. The van der Waals surface area contributed by atoms with E-state index in [2.05, 4.69) is 6.92 Å². The van der Waals surface area contributed by atoms with Crippen LogP contribution in [0.5, 0.6) is 11.5 Å². The average Bonchev–Trinajstić information content (AvgIpc) is 2.89. The predicted molar refractivity (Wildman–Crippen MR) is 142 cm³/mol. The molecule has 0 saturated carbocycles. The fraction of sp³-hybridized carbons (Fsp3) is 0.241. The fourth-order valence-corrected chi connectivity index (χ4v) is 3.51. The number of anilines is 2. The molecule has 0 heterocycles. The minimum Gasteiger partial charge on any atom is -0.494 e. The lowest BCUT2D eigenvalue weighted by atomic mass is 10.00. The molecule has 0 aliphatic carbocycles. The monoisotopic (exact) mass is 563 g/mol. The van der Waals surface area contributed by atoms with E-state index in [1.165, 1.54) is 48.6 Å². The van der Waals surface area contributed by atoms with Crippen LogP contribution in [-0.4, -0.2) is 25.4 Å². The summed E-state index contributed by atoms with van der Waals surface area (Å²) in [5, 5.41) is 0. The first kappa shape index (κ1) is 30.3. The Morgan fingerprint density at radius 3 is 2.20 bits per heavy atom. The highest BCUT2D eigenvalue weighted by atomic mass is 19.4. The Balaban J connectivity index is 1.48. The number of ether oxygens (including phenoxy) is 3. The number of hydrogen-bond acceptors (Lipinski definition) is 6. The molecule has 0 fully saturated rings. The first-order chi connectivity index (χ1) is 18.8. The molecule has 0 amide bonds. The van der Waals surface area contributed by atoms with E-state index in [-0.39, 0.29) is 31.1 Å². The topological polar surface area (TPSA) is 96.8 Å². The van der Waals surface area contributed by atoms with Crippen molar-refractivity contribution in [3.63, 3.8) is 0 Å². The van der Waals surface area contributed by atoms with E-state index in [0.29, 0.717) is 22.5 Å². The second kappa shape index (κ2) is 13.2. The summed E-state index contributed by atoms with van der Waals surface area (Å²) in [7, 11) is 0. The molecule has 3 rings (SSSR count). The summed E-state index contributed by atoms with van der Waals surface area (Å²) >= 11 is 0. The van der Waals surface area contributed by atoms with Gasteiger partial charge in [0.25, 0.3) is 0 Å². The van der Waals surface area contributed by atoms with Crippen LogP contribution in [0.4, 0.5) is 33.3 Å². The Morgan fingerprint density at radius 1 is 0.925 bits per heavy atom. The third kappa shape index (κ3) is 9.48. The zero-order chi connectivity index (χ0) is 29.3. The molecule has 3 aromatic carbocycles. The van der Waals surface area contributed by atoms with E-state index in [4.69, 9.17) is 25.7 Å². The van der Waals surface area contributed by atoms with Crippen molar-refractivity contribution >= 4 is 23.4 Å². The quantitative estimate of drug-likeness (QED) is 0.0821. The van der Waals surface area contributed by atoms with Gasteiger partial charge in [-0.15, -0.1) is 0 Å². The third-order valence-electron chi connectivity index (χ3n) is 5.58. The smallest absolute Gasteiger partial charge is 0.426 e. The lowest BCUT2D eigenvalue weighted by Gasteiger charge is -2.18. The highest BCUT2D eigenvalue weighted by Crippen LogP contribution is 2.33. The molecule has 0 bridgehead atoms. The number of halogens is 5. The van der Waals surface area contributed by atoms with E-state index >= 15 is 0 Å². The summed E-state index contributed by atoms with van der Waals surface area (Å²) in [6.07, 6.45) is -6.56. The Kier molecular flexibility index (Phi) is 9.98. The van der Waals surface area contributed by atoms with Crippen LogP contribution >= 0.6 is 0 Å². The summed E-state index contributed by atoms with van der Waals surface area (Å²) in [6, 6.07) is 15.2. The summed E-state index contributed by atoms with van der Waals surface area (Å²) < 4.78 is 80.9. The molecule has 0 aromatic heterocycles. The normalized spacial score (nSPS) is 12.8.